The second kappa shape index (κ2) is 7.46. The van der Waals surface area contributed by atoms with Crippen molar-refractivity contribution in [3.05, 3.63) is 70.9 Å². The monoisotopic (exact) mass is 405 g/mol. The molecular formula is C19H16ClNO5S. The number of anilines is 1. The van der Waals surface area contributed by atoms with Crippen LogP contribution in [0, 0.1) is 6.92 Å². The summed E-state index contributed by atoms with van der Waals surface area (Å²) in [5.74, 6) is -0.365. The van der Waals surface area contributed by atoms with Crippen LogP contribution in [0.4, 0.5) is 5.69 Å². The number of methoxy groups -OCH3 is 1. The molecule has 1 N–H and O–H groups in total. The molecule has 0 saturated heterocycles. The molecule has 0 aliphatic heterocycles. The Morgan fingerprint density at radius 3 is 2.44 bits per heavy atom. The topological polar surface area (TPSA) is 85.6 Å². The number of furan rings is 1. The molecule has 2 aromatic carbocycles. The molecule has 3 rings (SSSR count). The zero-order chi connectivity index (χ0) is 19.6. The van der Waals surface area contributed by atoms with Crippen molar-refractivity contribution in [2.45, 2.75) is 16.9 Å². The first-order valence-corrected chi connectivity index (χ1v) is 9.74. The highest BCUT2D eigenvalue weighted by Crippen LogP contribution is 2.29. The Kier molecular flexibility index (Phi) is 5.25. The molecule has 0 aliphatic rings. The van der Waals surface area contributed by atoms with Crippen LogP contribution >= 0.6 is 11.6 Å². The highest BCUT2D eigenvalue weighted by molar-refractivity contribution is 7.91. The standard InChI is InChI=1S/C19H16ClNO5S/c1-12-3-6-14(7-4-12)27(23,24)18-10-9-17(26-18)19(22)21-15-11-13(20)5-8-16(15)25-2/h3-11H,1-2H3,(H,21,22). The zero-order valence-corrected chi connectivity index (χ0v) is 16.1. The molecule has 0 aliphatic carbocycles. The summed E-state index contributed by atoms with van der Waals surface area (Å²) in [6.45, 7) is 1.86. The fourth-order valence-electron chi connectivity index (χ4n) is 2.38. The molecule has 1 amide bonds. The largest absolute Gasteiger partial charge is 0.495 e. The number of sulfone groups is 1. The van der Waals surface area contributed by atoms with Gasteiger partial charge in [0.05, 0.1) is 17.7 Å². The molecule has 0 radical (unpaired) electrons. The van der Waals surface area contributed by atoms with Crippen molar-refractivity contribution in [1.82, 2.24) is 0 Å². The molecule has 0 bridgehead atoms. The fourth-order valence-corrected chi connectivity index (χ4v) is 3.73. The van der Waals surface area contributed by atoms with E-state index in [1.54, 1.807) is 24.3 Å². The van der Waals surface area contributed by atoms with Gasteiger partial charge in [-0.1, -0.05) is 29.3 Å². The summed E-state index contributed by atoms with van der Waals surface area (Å²) in [5.41, 5.74) is 1.28. The number of hydrogen-bond acceptors (Lipinski definition) is 5. The predicted octanol–water partition coefficient (Wildman–Crippen LogP) is 4.34. The van der Waals surface area contributed by atoms with Crippen molar-refractivity contribution in [1.29, 1.82) is 0 Å². The number of carbonyl (C=O) groups excluding carboxylic acids is 1. The van der Waals surface area contributed by atoms with E-state index in [4.69, 9.17) is 20.8 Å². The van der Waals surface area contributed by atoms with Gasteiger partial charge in [-0.05, 0) is 49.4 Å². The summed E-state index contributed by atoms with van der Waals surface area (Å²) in [6.07, 6.45) is 0. The van der Waals surface area contributed by atoms with E-state index in [1.165, 1.54) is 37.4 Å². The Balaban J connectivity index is 1.86. The van der Waals surface area contributed by atoms with Crippen LogP contribution in [0.25, 0.3) is 0 Å². The number of carbonyl (C=O) groups is 1. The van der Waals surface area contributed by atoms with Gasteiger partial charge in [0.2, 0.25) is 14.9 Å². The zero-order valence-electron chi connectivity index (χ0n) is 14.5. The third-order valence-electron chi connectivity index (χ3n) is 3.81. The molecule has 0 spiro atoms. The average molecular weight is 406 g/mol. The Bertz CT molecular complexity index is 1090. The number of aryl methyl sites for hydroxylation is 1. The lowest BCUT2D eigenvalue weighted by molar-refractivity contribution is 0.0991. The normalized spacial score (nSPS) is 11.2. The van der Waals surface area contributed by atoms with E-state index in [-0.39, 0.29) is 15.7 Å². The molecule has 0 saturated carbocycles. The van der Waals surface area contributed by atoms with Crippen molar-refractivity contribution in [3.63, 3.8) is 0 Å². The Morgan fingerprint density at radius 2 is 1.78 bits per heavy atom. The summed E-state index contributed by atoms with van der Waals surface area (Å²) in [4.78, 5) is 12.5. The van der Waals surface area contributed by atoms with Gasteiger partial charge in [-0.2, -0.15) is 0 Å². The van der Waals surface area contributed by atoms with Crippen LogP contribution in [0.1, 0.15) is 16.1 Å². The van der Waals surface area contributed by atoms with Crippen LogP contribution in [0.5, 0.6) is 5.75 Å². The highest BCUT2D eigenvalue weighted by Gasteiger charge is 2.24. The second-order valence-electron chi connectivity index (χ2n) is 5.73. The summed E-state index contributed by atoms with van der Waals surface area (Å²) in [5, 5.41) is 2.69. The number of ether oxygens (including phenoxy) is 1. The van der Waals surface area contributed by atoms with Gasteiger partial charge in [-0.15, -0.1) is 0 Å². The van der Waals surface area contributed by atoms with E-state index in [2.05, 4.69) is 5.32 Å². The van der Waals surface area contributed by atoms with Gasteiger partial charge < -0.3 is 14.5 Å². The van der Waals surface area contributed by atoms with Crippen LogP contribution < -0.4 is 10.1 Å². The van der Waals surface area contributed by atoms with Crippen LogP contribution in [0.2, 0.25) is 5.02 Å². The smallest absolute Gasteiger partial charge is 0.291 e. The molecule has 0 unspecified atom stereocenters. The van der Waals surface area contributed by atoms with Gasteiger partial charge in [0, 0.05) is 5.02 Å². The second-order valence-corrected chi connectivity index (χ2v) is 8.05. The van der Waals surface area contributed by atoms with Gasteiger partial charge in [-0.25, -0.2) is 8.42 Å². The number of benzene rings is 2. The van der Waals surface area contributed by atoms with Crippen LogP contribution in [0.15, 0.2) is 69.0 Å². The van der Waals surface area contributed by atoms with Crippen molar-refractivity contribution in [2.75, 3.05) is 12.4 Å². The first kappa shape index (κ1) is 19.0. The Hall–Kier alpha value is -2.77. The molecule has 3 aromatic rings. The van der Waals surface area contributed by atoms with E-state index in [9.17, 15) is 13.2 Å². The molecule has 0 fully saturated rings. The maximum atomic E-state index is 12.6. The summed E-state index contributed by atoms with van der Waals surface area (Å²) in [7, 11) is -2.40. The van der Waals surface area contributed by atoms with Crippen LogP contribution in [0.3, 0.4) is 0 Å². The first-order valence-electron chi connectivity index (χ1n) is 7.88. The SMILES string of the molecule is COc1ccc(Cl)cc1NC(=O)c1ccc(S(=O)(=O)c2ccc(C)cc2)o1. The minimum absolute atomic E-state index is 0.0888. The predicted molar refractivity (Wildman–Crippen MR) is 101 cm³/mol. The first-order chi connectivity index (χ1) is 12.8. The van der Waals surface area contributed by atoms with E-state index in [1.807, 2.05) is 6.92 Å². The van der Waals surface area contributed by atoms with Crippen LogP contribution in [-0.4, -0.2) is 21.4 Å². The number of hydrogen-bond donors (Lipinski definition) is 1. The number of rotatable bonds is 5. The van der Waals surface area contributed by atoms with E-state index in [0.29, 0.717) is 16.5 Å². The maximum Gasteiger partial charge on any atom is 0.291 e. The van der Waals surface area contributed by atoms with E-state index >= 15 is 0 Å². The number of amides is 1. The number of halogens is 1. The van der Waals surface area contributed by atoms with Gasteiger partial charge >= 0.3 is 0 Å². The van der Waals surface area contributed by atoms with Gasteiger partial charge in [0.1, 0.15) is 5.75 Å². The van der Waals surface area contributed by atoms with Crippen molar-refractivity contribution in [2.24, 2.45) is 0 Å². The van der Waals surface area contributed by atoms with Crippen molar-refractivity contribution in [3.8, 4) is 5.75 Å². The molecule has 0 atom stereocenters. The fraction of sp³-hybridized carbons (Fsp3) is 0.105. The average Bonchev–Trinajstić information content (AvgIpc) is 3.13. The number of nitrogens with one attached hydrogen (secondary N) is 1. The molecule has 8 heteroatoms. The molecule has 27 heavy (non-hydrogen) atoms. The van der Waals surface area contributed by atoms with Crippen molar-refractivity contribution >= 4 is 33.0 Å². The Morgan fingerprint density at radius 1 is 1.07 bits per heavy atom. The van der Waals surface area contributed by atoms with E-state index < -0.39 is 15.7 Å². The minimum atomic E-state index is -3.85. The molecule has 1 aromatic heterocycles. The summed E-state index contributed by atoms with van der Waals surface area (Å²) in [6, 6.07) is 13.7. The quantitative estimate of drug-likeness (QED) is 0.682. The maximum absolute atomic E-state index is 12.6. The Labute approximate surface area is 161 Å². The molecule has 6 nitrogen and oxygen atoms in total. The van der Waals surface area contributed by atoms with E-state index in [0.717, 1.165) is 5.56 Å². The van der Waals surface area contributed by atoms with Gasteiger partial charge in [-0.3, -0.25) is 4.79 Å². The third-order valence-corrected chi connectivity index (χ3v) is 5.69. The highest BCUT2D eigenvalue weighted by atomic mass is 35.5. The summed E-state index contributed by atoms with van der Waals surface area (Å²) < 4.78 is 35.7. The minimum Gasteiger partial charge on any atom is -0.495 e. The molecule has 1 heterocycles. The lowest BCUT2D eigenvalue weighted by Gasteiger charge is -2.09. The summed E-state index contributed by atoms with van der Waals surface area (Å²) >= 11 is 5.94. The molecular weight excluding hydrogens is 390 g/mol. The third kappa shape index (κ3) is 3.99. The lowest BCUT2D eigenvalue weighted by atomic mass is 10.2. The van der Waals surface area contributed by atoms with Gasteiger partial charge in [0.25, 0.3) is 5.91 Å². The van der Waals surface area contributed by atoms with Crippen molar-refractivity contribution < 1.29 is 22.4 Å². The molecule has 140 valence electrons. The lowest BCUT2D eigenvalue weighted by Crippen LogP contribution is -2.12. The van der Waals surface area contributed by atoms with Gasteiger partial charge in [0.15, 0.2) is 5.76 Å². The van der Waals surface area contributed by atoms with Crippen LogP contribution in [-0.2, 0) is 9.84 Å².